The molecule has 1 aromatic carbocycles. The average Bonchev–Trinajstić information content (AvgIpc) is 2.65. The molecule has 2 rings (SSSR count). The maximum absolute atomic E-state index is 12.9. The normalized spacial score (nSPS) is 19.9. The predicted molar refractivity (Wildman–Crippen MR) is 59.6 cm³/mol. The van der Waals surface area contributed by atoms with Crippen LogP contribution in [-0.2, 0) is 0 Å². The maximum atomic E-state index is 12.9. The number of nitrogens with one attached hydrogen (secondary N) is 1. The zero-order valence-electron chi connectivity index (χ0n) is 8.82. The van der Waals surface area contributed by atoms with Gasteiger partial charge in [0.15, 0.2) is 0 Å². The quantitative estimate of drug-likeness (QED) is 0.755. The van der Waals surface area contributed by atoms with Crippen molar-refractivity contribution in [1.29, 1.82) is 0 Å². The third kappa shape index (κ3) is 2.49. The molecule has 1 aromatic rings. The standard InChI is InChI=1S/C11H14FN3O/c12-8-2-1-3-10(6-8)14-11(16)15-5-4-9(13)7-15/h1-3,6,9H,4-5,7,13H2,(H,14,16)/t9-/m1/s1. The third-order valence-corrected chi connectivity index (χ3v) is 2.59. The van der Waals surface area contributed by atoms with E-state index in [0.717, 1.165) is 6.42 Å². The summed E-state index contributed by atoms with van der Waals surface area (Å²) in [5.41, 5.74) is 6.16. The van der Waals surface area contributed by atoms with Gasteiger partial charge >= 0.3 is 6.03 Å². The van der Waals surface area contributed by atoms with Gasteiger partial charge in [0.25, 0.3) is 0 Å². The van der Waals surface area contributed by atoms with Crippen molar-refractivity contribution in [2.75, 3.05) is 18.4 Å². The number of urea groups is 1. The lowest BCUT2D eigenvalue weighted by Crippen LogP contribution is -2.35. The Morgan fingerprint density at radius 3 is 3.00 bits per heavy atom. The average molecular weight is 223 g/mol. The first-order valence-electron chi connectivity index (χ1n) is 5.22. The number of hydrogen-bond donors (Lipinski definition) is 2. The Bertz CT molecular complexity index is 397. The van der Waals surface area contributed by atoms with E-state index in [0.29, 0.717) is 18.8 Å². The Balaban J connectivity index is 1.97. The van der Waals surface area contributed by atoms with Gasteiger partial charge in [0.05, 0.1) is 0 Å². The zero-order valence-corrected chi connectivity index (χ0v) is 8.82. The molecule has 0 aromatic heterocycles. The fourth-order valence-corrected chi connectivity index (χ4v) is 1.74. The Morgan fingerprint density at radius 1 is 1.56 bits per heavy atom. The van der Waals surface area contributed by atoms with Crippen molar-refractivity contribution in [3.63, 3.8) is 0 Å². The molecule has 1 aliphatic rings. The van der Waals surface area contributed by atoms with E-state index in [1.54, 1.807) is 17.0 Å². The molecule has 5 heteroatoms. The number of halogens is 1. The summed E-state index contributed by atoms with van der Waals surface area (Å²) >= 11 is 0. The second kappa shape index (κ2) is 4.49. The first-order valence-corrected chi connectivity index (χ1v) is 5.22. The summed E-state index contributed by atoms with van der Waals surface area (Å²) in [5, 5.41) is 2.64. The number of benzene rings is 1. The number of carbonyl (C=O) groups excluding carboxylic acids is 1. The number of rotatable bonds is 1. The second-order valence-electron chi connectivity index (χ2n) is 3.94. The van der Waals surface area contributed by atoms with Crippen molar-refractivity contribution in [2.24, 2.45) is 5.73 Å². The molecule has 2 amide bonds. The molecule has 16 heavy (non-hydrogen) atoms. The zero-order chi connectivity index (χ0) is 11.5. The van der Waals surface area contributed by atoms with Crippen molar-refractivity contribution >= 4 is 11.7 Å². The molecule has 0 unspecified atom stereocenters. The van der Waals surface area contributed by atoms with Crippen LogP contribution in [0.2, 0.25) is 0 Å². The number of amides is 2. The van der Waals surface area contributed by atoms with E-state index in [1.165, 1.54) is 12.1 Å². The third-order valence-electron chi connectivity index (χ3n) is 2.59. The van der Waals surface area contributed by atoms with E-state index in [-0.39, 0.29) is 17.9 Å². The van der Waals surface area contributed by atoms with Crippen LogP contribution in [0.5, 0.6) is 0 Å². The molecule has 1 aliphatic heterocycles. The lowest BCUT2D eigenvalue weighted by molar-refractivity contribution is 0.222. The predicted octanol–water partition coefficient (Wildman–Crippen LogP) is 1.39. The van der Waals surface area contributed by atoms with Crippen LogP contribution in [0.4, 0.5) is 14.9 Å². The Labute approximate surface area is 93.2 Å². The second-order valence-corrected chi connectivity index (χ2v) is 3.94. The highest BCUT2D eigenvalue weighted by Gasteiger charge is 2.23. The summed E-state index contributed by atoms with van der Waals surface area (Å²) < 4.78 is 12.9. The Hall–Kier alpha value is -1.62. The molecule has 4 nitrogen and oxygen atoms in total. The Morgan fingerprint density at radius 2 is 2.38 bits per heavy atom. The Kier molecular flexibility index (Phi) is 3.05. The van der Waals surface area contributed by atoms with E-state index >= 15 is 0 Å². The largest absolute Gasteiger partial charge is 0.326 e. The topological polar surface area (TPSA) is 58.4 Å². The molecule has 0 aliphatic carbocycles. The fourth-order valence-electron chi connectivity index (χ4n) is 1.74. The van der Waals surface area contributed by atoms with Crippen molar-refractivity contribution in [2.45, 2.75) is 12.5 Å². The van der Waals surface area contributed by atoms with Gasteiger partial charge in [-0.05, 0) is 24.6 Å². The molecule has 0 bridgehead atoms. The van der Waals surface area contributed by atoms with Crippen LogP contribution in [0.1, 0.15) is 6.42 Å². The van der Waals surface area contributed by atoms with Crippen molar-refractivity contribution in [1.82, 2.24) is 4.90 Å². The smallest absolute Gasteiger partial charge is 0.321 e. The molecule has 0 saturated carbocycles. The van der Waals surface area contributed by atoms with Gasteiger partial charge in [0.2, 0.25) is 0 Å². The molecular weight excluding hydrogens is 209 g/mol. The van der Waals surface area contributed by atoms with Gasteiger partial charge in [-0.25, -0.2) is 9.18 Å². The van der Waals surface area contributed by atoms with Gasteiger partial charge in [-0.3, -0.25) is 0 Å². The summed E-state index contributed by atoms with van der Waals surface area (Å²) in [7, 11) is 0. The van der Waals surface area contributed by atoms with Gasteiger partial charge < -0.3 is 16.0 Å². The minimum Gasteiger partial charge on any atom is -0.326 e. The molecule has 1 fully saturated rings. The lowest BCUT2D eigenvalue weighted by atomic mass is 10.3. The molecule has 1 heterocycles. The summed E-state index contributed by atoms with van der Waals surface area (Å²) in [5.74, 6) is -0.365. The summed E-state index contributed by atoms with van der Waals surface area (Å²) in [4.78, 5) is 13.3. The number of nitrogens with two attached hydrogens (primary N) is 1. The highest BCUT2D eigenvalue weighted by atomic mass is 19.1. The summed E-state index contributed by atoms with van der Waals surface area (Å²) in [6, 6.07) is 5.66. The summed E-state index contributed by atoms with van der Waals surface area (Å²) in [6.45, 7) is 1.21. The van der Waals surface area contributed by atoms with Gasteiger partial charge in [0.1, 0.15) is 5.82 Å². The van der Waals surface area contributed by atoms with Crippen LogP contribution in [-0.4, -0.2) is 30.1 Å². The fraction of sp³-hybridized carbons (Fsp3) is 0.364. The highest BCUT2D eigenvalue weighted by molar-refractivity contribution is 5.89. The molecule has 1 atom stereocenters. The lowest BCUT2D eigenvalue weighted by Gasteiger charge is -2.16. The van der Waals surface area contributed by atoms with Crippen LogP contribution < -0.4 is 11.1 Å². The summed E-state index contributed by atoms with van der Waals surface area (Å²) in [6.07, 6.45) is 0.816. The monoisotopic (exact) mass is 223 g/mol. The van der Waals surface area contributed by atoms with E-state index in [4.69, 9.17) is 5.73 Å². The van der Waals surface area contributed by atoms with E-state index in [1.807, 2.05) is 0 Å². The molecule has 3 N–H and O–H groups in total. The number of anilines is 1. The van der Waals surface area contributed by atoms with Crippen molar-refractivity contribution in [3.05, 3.63) is 30.1 Å². The highest BCUT2D eigenvalue weighted by Crippen LogP contribution is 2.12. The minimum atomic E-state index is -0.365. The van der Waals surface area contributed by atoms with Gasteiger partial charge in [0, 0.05) is 24.8 Å². The van der Waals surface area contributed by atoms with Crippen molar-refractivity contribution < 1.29 is 9.18 Å². The van der Waals surface area contributed by atoms with Gasteiger partial charge in [-0.2, -0.15) is 0 Å². The van der Waals surface area contributed by atoms with Crippen LogP contribution in [0.25, 0.3) is 0 Å². The van der Waals surface area contributed by atoms with Crippen molar-refractivity contribution in [3.8, 4) is 0 Å². The first-order chi connectivity index (χ1) is 7.65. The van der Waals surface area contributed by atoms with E-state index in [9.17, 15) is 9.18 Å². The number of carbonyl (C=O) groups is 1. The minimum absolute atomic E-state index is 0.0539. The molecule has 0 radical (unpaired) electrons. The number of hydrogen-bond acceptors (Lipinski definition) is 2. The number of likely N-dealkylation sites (tertiary alicyclic amines) is 1. The van der Waals surface area contributed by atoms with Crippen LogP contribution in [0.3, 0.4) is 0 Å². The first kappa shape index (κ1) is 10.9. The van der Waals surface area contributed by atoms with Crippen LogP contribution in [0.15, 0.2) is 24.3 Å². The van der Waals surface area contributed by atoms with E-state index < -0.39 is 0 Å². The number of nitrogens with zero attached hydrogens (tertiary/aromatic N) is 1. The molecule has 86 valence electrons. The molecule has 1 saturated heterocycles. The SMILES string of the molecule is N[C@@H]1CCN(C(=O)Nc2cccc(F)c2)C1. The van der Waals surface area contributed by atoms with Crippen LogP contribution >= 0.6 is 0 Å². The van der Waals surface area contributed by atoms with Gasteiger partial charge in [-0.15, -0.1) is 0 Å². The van der Waals surface area contributed by atoms with Crippen LogP contribution in [0, 0.1) is 5.82 Å². The molecular formula is C11H14FN3O. The molecule has 0 spiro atoms. The maximum Gasteiger partial charge on any atom is 0.321 e. The van der Waals surface area contributed by atoms with Gasteiger partial charge in [-0.1, -0.05) is 6.07 Å². The van der Waals surface area contributed by atoms with E-state index in [2.05, 4.69) is 5.32 Å².